The molecule has 0 N–H and O–H groups in total. The summed E-state index contributed by atoms with van der Waals surface area (Å²) in [7, 11) is 0. The lowest BCUT2D eigenvalue weighted by molar-refractivity contribution is 0.656. The van der Waals surface area contributed by atoms with E-state index in [1.807, 2.05) is 11.3 Å². The molecule has 2 aliphatic rings. The second kappa shape index (κ2) is 5.08. The molecule has 0 amide bonds. The van der Waals surface area contributed by atoms with Crippen LogP contribution in [0.25, 0.3) is 27.3 Å². The Balaban J connectivity index is 1.85. The highest BCUT2D eigenvalue weighted by Gasteiger charge is 2.37. The van der Waals surface area contributed by atoms with Crippen molar-refractivity contribution in [3.05, 3.63) is 63.5 Å². The zero-order valence-electron chi connectivity index (χ0n) is 15.4. The van der Waals surface area contributed by atoms with Crippen LogP contribution in [-0.4, -0.2) is 0 Å². The first-order valence-electron chi connectivity index (χ1n) is 9.35. The topological polar surface area (TPSA) is 0 Å². The molecule has 2 aromatic carbocycles. The van der Waals surface area contributed by atoms with Crippen LogP contribution in [0.5, 0.6) is 0 Å². The number of fused-ring (bicyclic) bond motifs is 7. The van der Waals surface area contributed by atoms with Crippen molar-refractivity contribution in [2.75, 3.05) is 0 Å². The Bertz CT molecular complexity index is 1050. The largest absolute Gasteiger partial charge is 0.135 e. The monoisotopic (exact) mass is 344 g/mol. The van der Waals surface area contributed by atoms with Gasteiger partial charge in [0.25, 0.3) is 0 Å². The molecule has 2 aliphatic carbocycles. The summed E-state index contributed by atoms with van der Waals surface area (Å²) >= 11 is 2.00. The van der Waals surface area contributed by atoms with Gasteiger partial charge in [-0.15, -0.1) is 11.3 Å². The highest BCUT2D eigenvalue weighted by atomic mass is 32.1. The molecule has 0 aliphatic heterocycles. The predicted octanol–water partition coefficient (Wildman–Crippen LogP) is 7.11. The van der Waals surface area contributed by atoms with Crippen molar-refractivity contribution < 1.29 is 0 Å². The average molecular weight is 345 g/mol. The molecule has 0 nitrogen and oxygen atoms in total. The van der Waals surface area contributed by atoms with Gasteiger partial charge in [0.15, 0.2) is 0 Å². The quantitative estimate of drug-likeness (QED) is 0.407. The summed E-state index contributed by atoms with van der Waals surface area (Å²) in [5.41, 5.74) is 8.95. The van der Waals surface area contributed by atoms with Crippen molar-refractivity contribution in [2.45, 2.75) is 46.0 Å². The van der Waals surface area contributed by atoms with E-state index in [4.69, 9.17) is 0 Å². The van der Waals surface area contributed by atoms with Crippen LogP contribution in [-0.2, 0) is 11.8 Å². The van der Waals surface area contributed by atoms with Crippen LogP contribution in [0, 0.1) is 12.8 Å². The lowest BCUT2D eigenvalue weighted by Gasteiger charge is -2.21. The molecule has 25 heavy (non-hydrogen) atoms. The normalized spacial score (nSPS) is 20.2. The number of rotatable bonds is 0. The third-order valence-corrected chi connectivity index (χ3v) is 7.44. The maximum atomic E-state index is 2.40. The lowest BCUT2D eigenvalue weighted by Crippen LogP contribution is -2.14. The average Bonchev–Trinajstić information content (AvgIpc) is 2.97. The molecular weight excluding hydrogens is 320 g/mol. The minimum absolute atomic E-state index is 0.0939. The molecule has 0 saturated carbocycles. The van der Waals surface area contributed by atoms with Crippen molar-refractivity contribution in [1.82, 2.24) is 0 Å². The molecule has 1 aromatic heterocycles. The summed E-state index contributed by atoms with van der Waals surface area (Å²) < 4.78 is 1.50. The fourth-order valence-electron chi connectivity index (χ4n) is 4.67. The molecular formula is C24H24S. The van der Waals surface area contributed by atoms with E-state index in [2.05, 4.69) is 70.2 Å². The van der Waals surface area contributed by atoms with E-state index in [1.54, 1.807) is 5.56 Å². The summed E-state index contributed by atoms with van der Waals surface area (Å²) in [6.45, 7) is 9.29. The molecule has 0 fully saturated rings. The molecule has 1 heteroatoms. The van der Waals surface area contributed by atoms with Crippen LogP contribution in [0.15, 0.2) is 36.4 Å². The summed E-state index contributed by atoms with van der Waals surface area (Å²) in [6.07, 6.45) is 7.23. The summed E-state index contributed by atoms with van der Waals surface area (Å²) in [5.74, 6) is 0.687. The van der Waals surface area contributed by atoms with Gasteiger partial charge in [-0.25, -0.2) is 0 Å². The van der Waals surface area contributed by atoms with Crippen molar-refractivity contribution in [1.29, 1.82) is 0 Å². The molecule has 1 unspecified atom stereocenters. The maximum Gasteiger partial charge on any atom is 0.0433 e. The van der Waals surface area contributed by atoms with Gasteiger partial charge >= 0.3 is 0 Å². The van der Waals surface area contributed by atoms with E-state index in [0.29, 0.717) is 5.92 Å². The smallest absolute Gasteiger partial charge is 0.0433 e. The second-order valence-corrected chi connectivity index (χ2v) is 9.41. The number of hydrogen-bond acceptors (Lipinski definition) is 1. The Morgan fingerprint density at radius 3 is 2.76 bits per heavy atom. The zero-order valence-corrected chi connectivity index (χ0v) is 16.3. The Morgan fingerprint density at radius 1 is 1.08 bits per heavy atom. The first-order valence-corrected chi connectivity index (χ1v) is 10.2. The Morgan fingerprint density at radius 2 is 1.92 bits per heavy atom. The Kier molecular flexibility index (Phi) is 3.13. The molecule has 1 atom stereocenters. The molecule has 0 saturated heterocycles. The van der Waals surface area contributed by atoms with Gasteiger partial charge in [-0.1, -0.05) is 62.7 Å². The van der Waals surface area contributed by atoms with Crippen molar-refractivity contribution in [3.63, 3.8) is 0 Å². The highest BCUT2D eigenvalue weighted by Crippen LogP contribution is 2.53. The van der Waals surface area contributed by atoms with E-state index in [1.165, 1.54) is 55.6 Å². The Hall–Kier alpha value is -1.86. The van der Waals surface area contributed by atoms with Gasteiger partial charge in [-0.3, -0.25) is 0 Å². The van der Waals surface area contributed by atoms with Crippen LogP contribution in [0.3, 0.4) is 0 Å². The van der Waals surface area contributed by atoms with Crippen LogP contribution < -0.4 is 0 Å². The van der Waals surface area contributed by atoms with Gasteiger partial charge in [-0.05, 0) is 59.4 Å². The van der Waals surface area contributed by atoms with E-state index in [0.717, 1.165) is 0 Å². The molecule has 0 bridgehead atoms. The van der Waals surface area contributed by atoms with Gasteiger partial charge in [0.2, 0.25) is 0 Å². The fraction of sp³-hybridized carbons (Fsp3) is 0.333. The van der Waals surface area contributed by atoms with Crippen LogP contribution >= 0.6 is 11.3 Å². The first-order chi connectivity index (χ1) is 12.0. The van der Waals surface area contributed by atoms with Gasteiger partial charge in [-0.2, -0.15) is 0 Å². The fourth-order valence-corrected chi connectivity index (χ4v) is 5.99. The summed E-state index contributed by atoms with van der Waals surface area (Å²) in [6, 6.07) is 11.8. The Labute approximate surface area is 154 Å². The second-order valence-electron chi connectivity index (χ2n) is 8.36. The van der Waals surface area contributed by atoms with Crippen molar-refractivity contribution >= 4 is 27.5 Å². The molecule has 5 rings (SSSR count). The number of benzene rings is 2. The van der Waals surface area contributed by atoms with Crippen LogP contribution in [0.4, 0.5) is 0 Å². The molecule has 0 spiro atoms. The predicted molar refractivity (Wildman–Crippen MR) is 111 cm³/mol. The summed E-state index contributed by atoms with van der Waals surface area (Å²) in [5, 5.41) is 1.49. The molecule has 3 aromatic rings. The van der Waals surface area contributed by atoms with Gasteiger partial charge < -0.3 is 0 Å². The minimum atomic E-state index is 0.0939. The SMILES string of the molecule is Cc1ccc2c(c1)C(C)(C)c1ccc3c4c(sc3c1-2)C=CC(C)CC4. The van der Waals surface area contributed by atoms with E-state index >= 15 is 0 Å². The standard InChI is InChI=1S/C24H24S/c1-14-5-8-16-17-10-11-19-22(23(17)25-21(16)12-7-14)18-9-6-15(2)13-20(18)24(19,3)4/h6-7,9-14H,5,8H2,1-4H3. The summed E-state index contributed by atoms with van der Waals surface area (Å²) in [4.78, 5) is 1.48. The van der Waals surface area contributed by atoms with Gasteiger partial charge in [0.1, 0.15) is 0 Å². The van der Waals surface area contributed by atoms with Crippen molar-refractivity contribution in [3.8, 4) is 11.1 Å². The molecule has 126 valence electrons. The van der Waals surface area contributed by atoms with Gasteiger partial charge in [0.05, 0.1) is 0 Å². The molecule has 0 radical (unpaired) electrons. The van der Waals surface area contributed by atoms with Crippen molar-refractivity contribution in [2.24, 2.45) is 5.92 Å². The van der Waals surface area contributed by atoms with E-state index < -0.39 is 0 Å². The highest BCUT2D eigenvalue weighted by molar-refractivity contribution is 7.20. The number of hydrogen-bond donors (Lipinski definition) is 0. The lowest BCUT2D eigenvalue weighted by atomic mass is 9.82. The molecule has 1 heterocycles. The third kappa shape index (κ3) is 2.05. The minimum Gasteiger partial charge on any atom is -0.135 e. The van der Waals surface area contributed by atoms with E-state index in [9.17, 15) is 0 Å². The van der Waals surface area contributed by atoms with Crippen LogP contribution in [0.2, 0.25) is 0 Å². The zero-order chi connectivity index (χ0) is 17.3. The number of aryl methyl sites for hydroxylation is 2. The van der Waals surface area contributed by atoms with Crippen LogP contribution in [0.1, 0.15) is 54.3 Å². The number of allylic oxidation sites excluding steroid dienone is 1. The van der Waals surface area contributed by atoms with Gasteiger partial charge in [0, 0.05) is 20.6 Å². The number of thiophene rings is 1. The third-order valence-electron chi connectivity index (χ3n) is 6.21. The maximum absolute atomic E-state index is 2.40. The first kappa shape index (κ1) is 15.4. The van der Waals surface area contributed by atoms with E-state index in [-0.39, 0.29) is 5.41 Å².